The second-order valence-electron chi connectivity index (χ2n) is 8.47. The largest absolute Gasteiger partial charge is 0.385 e. The number of methoxy groups -OCH3 is 1. The van der Waals surface area contributed by atoms with E-state index in [0.29, 0.717) is 24.6 Å². The van der Waals surface area contributed by atoms with Crippen molar-refractivity contribution in [3.05, 3.63) is 96.7 Å². The summed E-state index contributed by atoms with van der Waals surface area (Å²) >= 11 is 7.78. The molecule has 1 atom stereocenters. The molecule has 0 saturated heterocycles. The smallest absolute Gasteiger partial charge is 0.270 e. The van der Waals surface area contributed by atoms with Gasteiger partial charge in [0.2, 0.25) is 5.91 Å². The first kappa shape index (κ1) is 25.8. The Morgan fingerprint density at radius 3 is 2.72 bits per heavy atom. The van der Waals surface area contributed by atoms with E-state index in [1.54, 1.807) is 18.4 Å². The summed E-state index contributed by atoms with van der Waals surface area (Å²) in [5.74, 6) is -0.623. The van der Waals surface area contributed by atoms with Gasteiger partial charge < -0.3 is 14.5 Å². The van der Waals surface area contributed by atoms with Crippen molar-refractivity contribution in [2.45, 2.75) is 18.9 Å². The van der Waals surface area contributed by atoms with Crippen LogP contribution in [0.3, 0.4) is 0 Å². The molecular formula is C26H26ClN3O5S. The van der Waals surface area contributed by atoms with Gasteiger partial charge in [0.15, 0.2) is 0 Å². The molecule has 2 amide bonds. The van der Waals surface area contributed by atoms with Gasteiger partial charge in [-0.1, -0.05) is 29.8 Å². The number of carbonyl (C=O) groups is 2. The lowest BCUT2D eigenvalue weighted by molar-refractivity contribution is -0.384. The van der Waals surface area contributed by atoms with Gasteiger partial charge in [-0.15, -0.1) is 11.3 Å². The van der Waals surface area contributed by atoms with Crippen LogP contribution >= 0.6 is 22.9 Å². The van der Waals surface area contributed by atoms with Crippen LogP contribution in [-0.4, -0.2) is 59.9 Å². The van der Waals surface area contributed by atoms with Gasteiger partial charge in [-0.25, -0.2) is 0 Å². The third-order valence-electron chi connectivity index (χ3n) is 6.17. The number of ether oxygens (including phenoxy) is 1. The second-order valence-corrected chi connectivity index (χ2v) is 9.91. The molecule has 10 heteroatoms. The van der Waals surface area contributed by atoms with Crippen molar-refractivity contribution in [1.29, 1.82) is 0 Å². The van der Waals surface area contributed by atoms with Crippen molar-refractivity contribution in [3.8, 4) is 0 Å². The number of nitro benzene ring substituents is 1. The maximum absolute atomic E-state index is 13.7. The molecule has 4 rings (SSSR count). The predicted octanol–water partition coefficient (Wildman–Crippen LogP) is 4.96. The maximum Gasteiger partial charge on any atom is 0.270 e. The highest BCUT2D eigenvalue weighted by Gasteiger charge is 2.34. The van der Waals surface area contributed by atoms with Crippen LogP contribution in [0.4, 0.5) is 5.69 Å². The normalized spacial score (nSPS) is 14.8. The van der Waals surface area contributed by atoms with Crippen LogP contribution in [0.25, 0.3) is 0 Å². The van der Waals surface area contributed by atoms with Gasteiger partial charge in [0.25, 0.3) is 11.6 Å². The van der Waals surface area contributed by atoms with Crippen molar-refractivity contribution < 1.29 is 19.2 Å². The van der Waals surface area contributed by atoms with Crippen molar-refractivity contribution in [2.24, 2.45) is 0 Å². The monoisotopic (exact) mass is 527 g/mol. The Labute approximate surface area is 218 Å². The SMILES string of the molecule is COCCCN(CC(=O)N1CCc2sccc2C1c1ccc(Cl)cc1)C(=O)c1cccc([N+](=O)[O-])c1. The molecule has 8 nitrogen and oxygen atoms in total. The number of thiophene rings is 1. The Balaban J connectivity index is 1.61. The summed E-state index contributed by atoms with van der Waals surface area (Å²) in [6.07, 6.45) is 1.27. The summed E-state index contributed by atoms with van der Waals surface area (Å²) in [4.78, 5) is 42.2. The lowest BCUT2D eigenvalue weighted by Crippen LogP contribution is -2.47. The minimum atomic E-state index is -0.542. The van der Waals surface area contributed by atoms with Crippen LogP contribution in [0, 0.1) is 10.1 Å². The number of carbonyl (C=O) groups excluding carboxylic acids is 2. The number of non-ortho nitro benzene ring substituents is 1. The summed E-state index contributed by atoms with van der Waals surface area (Å²) < 4.78 is 5.13. The Morgan fingerprint density at radius 2 is 2.00 bits per heavy atom. The van der Waals surface area contributed by atoms with E-state index in [1.165, 1.54) is 34.0 Å². The van der Waals surface area contributed by atoms with Crippen molar-refractivity contribution >= 4 is 40.4 Å². The first-order valence-corrected chi connectivity index (χ1v) is 12.8. The number of nitro groups is 1. The summed E-state index contributed by atoms with van der Waals surface area (Å²) in [5, 5.41) is 13.9. The molecule has 3 aromatic rings. The minimum Gasteiger partial charge on any atom is -0.385 e. The summed E-state index contributed by atoms with van der Waals surface area (Å²) in [6, 6.07) is 14.8. The lowest BCUT2D eigenvalue weighted by Gasteiger charge is -2.37. The number of hydrogen-bond donors (Lipinski definition) is 0. The van der Waals surface area contributed by atoms with Gasteiger partial charge in [0, 0.05) is 54.4 Å². The van der Waals surface area contributed by atoms with Crippen LogP contribution in [0.5, 0.6) is 0 Å². The zero-order valence-corrected chi connectivity index (χ0v) is 21.3. The molecule has 0 N–H and O–H groups in total. The van der Waals surface area contributed by atoms with Crippen LogP contribution in [-0.2, 0) is 16.0 Å². The summed E-state index contributed by atoms with van der Waals surface area (Å²) in [5.41, 5.74) is 2.02. The predicted molar refractivity (Wildman–Crippen MR) is 139 cm³/mol. The molecule has 188 valence electrons. The molecule has 0 spiro atoms. The fourth-order valence-electron chi connectivity index (χ4n) is 4.43. The first-order valence-electron chi connectivity index (χ1n) is 11.5. The summed E-state index contributed by atoms with van der Waals surface area (Å²) in [6.45, 7) is 1.08. The zero-order valence-electron chi connectivity index (χ0n) is 19.8. The van der Waals surface area contributed by atoms with Crippen molar-refractivity contribution in [3.63, 3.8) is 0 Å². The molecule has 0 aliphatic carbocycles. The second kappa shape index (κ2) is 11.6. The van der Waals surface area contributed by atoms with E-state index in [0.717, 1.165) is 17.5 Å². The molecule has 0 fully saturated rings. The lowest BCUT2D eigenvalue weighted by atomic mass is 9.93. The molecule has 1 aliphatic rings. The molecular weight excluding hydrogens is 502 g/mol. The highest BCUT2D eigenvalue weighted by Crippen LogP contribution is 2.38. The zero-order chi connectivity index (χ0) is 25.7. The van der Waals surface area contributed by atoms with Crippen LogP contribution in [0.15, 0.2) is 60.0 Å². The van der Waals surface area contributed by atoms with Crippen LogP contribution in [0.1, 0.15) is 38.8 Å². The highest BCUT2D eigenvalue weighted by molar-refractivity contribution is 7.10. The van der Waals surface area contributed by atoms with E-state index in [2.05, 4.69) is 0 Å². The van der Waals surface area contributed by atoms with Crippen molar-refractivity contribution in [2.75, 3.05) is 33.4 Å². The third-order valence-corrected chi connectivity index (χ3v) is 7.41. The van der Waals surface area contributed by atoms with Gasteiger partial charge in [-0.2, -0.15) is 0 Å². The van der Waals surface area contributed by atoms with E-state index < -0.39 is 10.8 Å². The molecule has 2 aromatic carbocycles. The number of rotatable bonds is 9. The molecule has 2 heterocycles. The first-order chi connectivity index (χ1) is 17.4. The van der Waals surface area contributed by atoms with Gasteiger partial charge in [0.1, 0.15) is 6.54 Å². The third kappa shape index (κ3) is 5.75. The van der Waals surface area contributed by atoms with E-state index in [4.69, 9.17) is 16.3 Å². The fraction of sp³-hybridized carbons (Fsp3) is 0.308. The molecule has 0 bridgehead atoms. The molecule has 1 aromatic heterocycles. The van der Waals surface area contributed by atoms with E-state index in [1.807, 2.05) is 40.6 Å². The standard InChI is InChI=1S/C26H26ClN3O5S/c1-35-14-3-12-28(26(32)19-4-2-5-21(16-19)30(33)34)17-24(31)29-13-10-23-22(11-15-36-23)25(29)18-6-8-20(27)9-7-18/h2,4-9,11,15-16,25H,3,10,12-14,17H2,1H3. The number of nitrogens with zero attached hydrogens (tertiary/aromatic N) is 3. The Bertz CT molecular complexity index is 1250. The Hall–Kier alpha value is -3.27. The van der Waals surface area contributed by atoms with Gasteiger partial charge in [-0.3, -0.25) is 19.7 Å². The Kier molecular flexibility index (Phi) is 8.35. The van der Waals surface area contributed by atoms with Gasteiger partial charge in [-0.05, 0) is 53.6 Å². The fourth-order valence-corrected chi connectivity index (χ4v) is 5.46. The van der Waals surface area contributed by atoms with E-state index in [-0.39, 0.29) is 36.3 Å². The maximum atomic E-state index is 13.7. The topological polar surface area (TPSA) is 93.0 Å². The highest BCUT2D eigenvalue weighted by atomic mass is 35.5. The number of hydrogen-bond acceptors (Lipinski definition) is 6. The minimum absolute atomic E-state index is 0.144. The van der Waals surface area contributed by atoms with Gasteiger partial charge >= 0.3 is 0 Å². The molecule has 36 heavy (non-hydrogen) atoms. The van der Waals surface area contributed by atoms with Crippen LogP contribution < -0.4 is 0 Å². The van der Waals surface area contributed by atoms with E-state index >= 15 is 0 Å². The average molecular weight is 528 g/mol. The van der Waals surface area contributed by atoms with Crippen molar-refractivity contribution in [1.82, 2.24) is 9.80 Å². The number of fused-ring (bicyclic) bond motifs is 1. The quantitative estimate of drug-likeness (QED) is 0.223. The number of amides is 2. The van der Waals surface area contributed by atoms with Gasteiger partial charge in [0.05, 0.1) is 11.0 Å². The average Bonchev–Trinajstić information content (AvgIpc) is 3.37. The molecule has 1 aliphatic heterocycles. The number of benzene rings is 2. The molecule has 0 saturated carbocycles. The Morgan fingerprint density at radius 1 is 1.22 bits per heavy atom. The van der Waals surface area contributed by atoms with Crippen LogP contribution in [0.2, 0.25) is 5.02 Å². The molecule has 1 unspecified atom stereocenters. The number of halogens is 1. The molecule has 0 radical (unpaired) electrons. The van der Waals surface area contributed by atoms with E-state index in [9.17, 15) is 19.7 Å². The summed E-state index contributed by atoms with van der Waals surface area (Å²) in [7, 11) is 1.57.